The lowest BCUT2D eigenvalue weighted by molar-refractivity contribution is -0.719. The predicted octanol–water partition coefficient (Wildman–Crippen LogP) is 3.33. The molecule has 3 nitrogen and oxygen atoms in total. The van der Waals surface area contributed by atoms with Crippen molar-refractivity contribution < 1.29 is 10.1 Å². The SMILES string of the molecule is C[C@H]([NH2+][C@H](C(=O)N1CCCC1)c1ccccc1)c1cccc(Cl)c1. The Labute approximate surface area is 148 Å². The maximum Gasteiger partial charge on any atom is 0.285 e. The van der Waals surface area contributed by atoms with E-state index in [1.54, 1.807) is 0 Å². The minimum absolute atomic E-state index is 0.153. The van der Waals surface area contributed by atoms with E-state index in [2.05, 4.69) is 18.3 Å². The molecule has 0 aromatic heterocycles. The second kappa shape index (κ2) is 7.82. The van der Waals surface area contributed by atoms with Crippen LogP contribution in [0.3, 0.4) is 0 Å². The van der Waals surface area contributed by atoms with Gasteiger partial charge in [-0.05, 0) is 31.9 Å². The van der Waals surface area contributed by atoms with Crippen LogP contribution in [-0.2, 0) is 4.79 Å². The first kappa shape index (κ1) is 17.0. The molecule has 0 bridgehead atoms. The number of nitrogens with zero attached hydrogens (tertiary/aromatic N) is 1. The molecule has 0 spiro atoms. The number of nitrogens with two attached hydrogens (primary N) is 1. The number of rotatable bonds is 5. The van der Waals surface area contributed by atoms with Crippen LogP contribution < -0.4 is 5.32 Å². The number of benzene rings is 2. The van der Waals surface area contributed by atoms with Crippen molar-refractivity contribution in [3.05, 3.63) is 70.7 Å². The van der Waals surface area contributed by atoms with Crippen LogP contribution in [0.25, 0.3) is 0 Å². The van der Waals surface area contributed by atoms with Crippen LogP contribution in [0.5, 0.6) is 0 Å². The molecule has 1 saturated heterocycles. The summed E-state index contributed by atoms with van der Waals surface area (Å²) in [6.45, 7) is 3.88. The summed E-state index contributed by atoms with van der Waals surface area (Å²) in [5.74, 6) is 0.215. The molecule has 1 heterocycles. The molecule has 126 valence electrons. The van der Waals surface area contributed by atoms with E-state index in [9.17, 15) is 4.79 Å². The number of hydrogen-bond donors (Lipinski definition) is 1. The molecule has 0 unspecified atom stereocenters. The first-order chi connectivity index (χ1) is 11.6. The molecule has 24 heavy (non-hydrogen) atoms. The summed E-state index contributed by atoms with van der Waals surface area (Å²) in [5.41, 5.74) is 2.20. The third-order valence-corrected chi connectivity index (χ3v) is 4.93. The van der Waals surface area contributed by atoms with E-state index in [4.69, 9.17) is 11.6 Å². The van der Waals surface area contributed by atoms with Gasteiger partial charge in [0.2, 0.25) is 0 Å². The number of halogens is 1. The lowest BCUT2D eigenvalue weighted by Crippen LogP contribution is -2.88. The molecule has 0 saturated carbocycles. The minimum Gasteiger partial charge on any atom is -0.337 e. The Bertz CT molecular complexity index is 683. The summed E-state index contributed by atoms with van der Waals surface area (Å²) in [4.78, 5) is 15.0. The first-order valence-electron chi connectivity index (χ1n) is 8.59. The number of carbonyl (C=O) groups is 1. The van der Waals surface area contributed by atoms with E-state index >= 15 is 0 Å². The van der Waals surface area contributed by atoms with Crippen molar-refractivity contribution >= 4 is 17.5 Å². The van der Waals surface area contributed by atoms with E-state index in [0.29, 0.717) is 0 Å². The van der Waals surface area contributed by atoms with Gasteiger partial charge in [-0.25, -0.2) is 0 Å². The molecule has 2 aromatic carbocycles. The Kier molecular flexibility index (Phi) is 5.54. The van der Waals surface area contributed by atoms with Crippen LogP contribution >= 0.6 is 11.6 Å². The maximum atomic E-state index is 13.0. The standard InChI is InChI=1S/C20H23ClN2O/c1-15(17-10-7-11-18(21)14-17)22-19(16-8-3-2-4-9-16)20(24)23-12-5-6-13-23/h2-4,7-11,14-15,19,22H,5-6,12-13H2,1H3/p+1/t15-,19-/m0/s1. The number of quaternary nitrogens is 1. The van der Waals surface area contributed by atoms with Gasteiger partial charge in [0.15, 0.2) is 6.04 Å². The molecule has 4 heteroatoms. The fraction of sp³-hybridized carbons (Fsp3) is 0.350. The second-order valence-corrected chi connectivity index (χ2v) is 6.89. The van der Waals surface area contributed by atoms with E-state index in [1.807, 2.05) is 53.4 Å². The lowest BCUT2D eigenvalue weighted by Gasteiger charge is -2.24. The van der Waals surface area contributed by atoms with Gasteiger partial charge in [0.1, 0.15) is 6.04 Å². The number of likely N-dealkylation sites (tertiary alicyclic amines) is 1. The number of carbonyl (C=O) groups excluding carboxylic acids is 1. The molecule has 2 aromatic rings. The van der Waals surface area contributed by atoms with Crippen molar-refractivity contribution in [3.8, 4) is 0 Å². The first-order valence-corrected chi connectivity index (χ1v) is 8.97. The van der Waals surface area contributed by atoms with Crippen molar-refractivity contribution in [2.24, 2.45) is 0 Å². The Hall–Kier alpha value is -1.84. The molecule has 2 N–H and O–H groups in total. The molecule has 1 aliphatic heterocycles. The number of amides is 1. The zero-order valence-corrected chi connectivity index (χ0v) is 14.7. The minimum atomic E-state index is -0.210. The molecule has 1 amide bonds. The summed E-state index contributed by atoms with van der Waals surface area (Å²) in [6.07, 6.45) is 2.22. The van der Waals surface area contributed by atoms with Crippen LogP contribution in [0.2, 0.25) is 5.02 Å². The van der Waals surface area contributed by atoms with E-state index in [-0.39, 0.29) is 18.0 Å². The Morgan fingerprint density at radius 1 is 1.04 bits per heavy atom. The third-order valence-electron chi connectivity index (χ3n) is 4.70. The zero-order chi connectivity index (χ0) is 16.9. The highest BCUT2D eigenvalue weighted by Gasteiger charge is 2.32. The van der Waals surface area contributed by atoms with Gasteiger partial charge < -0.3 is 10.2 Å². The van der Waals surface area contributed by atoms with Crippen LogP contribution in [0.4, 0.5) is 0 Å². The monoisotopic (exact) mass is 343 g/mol. The molecule has 3 rings (SSSR count). The van der Waals surface area contributed by atoms with Gasteiger partial charge in [-0.3, -0.25) is 4.79 Å². The summed E-state index contributed by atoms with van der Waals surface area (Å²) < 4.78 is 0. The average molecular weight is 344 g/mol. The fourth-order valence-corrected chi connectivity index (χ4v) is 3.52. The van der Waals surface area contributed by atoms with Crippen LogP contribution in [0.15, 0.2) is 54.6 Å². The van der Waals surface area contributed by atoms with Crippen molar-refractivity contribution in [1.29, 1.82) is 0 Å². The highest BCUT2D eigenvalue weighted by Crippen LogP contribution is 2.19. The fourth-order valence-electron chi connectivity index (χ4n) is 3.32. The molecule has 0 aliphatic carbocycles. The van der Waals surface area contributed by atoms with Crippen LogP contribution in [0.1, 0.15) is 43.0 Å². The normalized spacial score (nSPS) is 16.8. The summed E-state index contributed by atoms with van der Waals surface area (Å²) in [5, 5.41) is 2.89. The maximum absolute atomic E-state index is 13.0. The third kappa shape index (κ3) is 3.97. The smallest absolute Gasteiger partial charge is 0.285 e. The molecule has 2 atom stereocenters. The highest BCUT2D eigenvalue weighted by molar-refractivity contribution is 6.30. The van der Waals surface area contributed by atoms with E-state index in [1.165, 1.54) is 0 Å². The van der Waals surface area contributed by atoms with Gasteiger partial charge >= 0.3 is 0 Å². The lowest BCUT2D eigenvalue weighted by atomic mass is 10.0. The van der Waals surface area contributed by atoms with Crippen LogP contribution in [-0.4, -0.2) is 23.9 Å². The molecular weight excluding hydrogens is 320 g/mol. The van der Waals surface area contributed by atoms with Gasteiger partial charge in [-0.1, -0.05) is 54.1 Å². The van der Waals surface area contributed by atoms with E-state index < -0.39 is 0 Å². The Balaban J connectivity index is 1.83. The molecular formula is C20H24ClN2O+. The van der Waals surface area contributed by atoms with Crippen molar-refractivity contribution in [1.82, 2.24) is 4.90 Å². The Morgan fingerprint density at radius 3 is 2.38 bits per heavy atom. The topological polar surface area (TPSA) is 36.9 Å². The molecule has 1 fully saturated rings. The average Bonchev–Trinajstić information content (AvgIpc) is 3.14. The van der Waals surface area contributed by atoms with Crippen molar-refractivity contribution in [2.45, 2.75) is 31.8 Å². The van der Waals surface area contributed by atoms with Gasteiger partial charge in [0, 0.05) is 29.2 Å². The molecule has 0 radical (unpaired) electrons. The summed E-state index contributed by atoms with van der Waals surface area (Å²) in [6, 6.07) is 17.9. The van der Waals surface area contributed by atoms with Gasteiger partial charge in [-0.15, -0.1) is 0 Å². The van der Waals surface area contributed by atoms with Gasteiger partial charge in [-0.2, -0.15) is 0 Å². The Morgan fingerprint density at radius 2 is 1.71 bits per heavy atom. The van der Waals surface area contributed by atoms with E-state index in [0.717, 1.165) is 42.1 Å². The number of hydrogen-bond acceptors (Lipinski definition) is 1. The zero-order valence-electron chi connectivity index (χ0n) is 14.0. The quantitative estimate of drug-likeness (QED) is 0.888. The van der Waals surface area contributed by atoms with Crippen molar-refractivity contribution in [2.75, 3.05) is 13.1 Å². The van der Waals surface area contributed by atoms with Crippen molar-refractivity contribution in [3.63, 3.8) is 0 Å². The summed E-state index contributed by atoms with van der Waals surface area (Å²) in [7, 11) is 0. The van der Waals surface area contributed by atoms with Crippen LogP contribution in [0, 0.1) is 0 Å². The van der Waals surface area contributed by atoms with Gasteiger partial charge in [0.25, 0.3) is 5.91 Å². The largest absolute Gasteiger partial charge is 0.337 e. The summed E-state index contributed by atoms with van der Waals surface area (Å²) >= 11 is 6.12. The predicted molar refractivity (Wildman–Crippen MR) is 96.8 cm³/mol. The second-order valence-electron chi connectivity index (χ2n) is 6.46. The molecule has 1 aliphatic rings. The highest BCUT2D eigenvalue weighted by atomic mass is 35.5. The van der Waals surface area contributed by atoms with Gasteiger partial charge in [0.05, 0.1) is 0 Å².